The molecule has 1 atom stereocenters. The molecule has 9 heteroatoms. The maximum atomic E-state index is 11.0. The summed E-state index contributed by atoms with van der Waals surface area (Å²) >= 11 is 0.903. The van der Waals surface area contributed by atoms with Crippen LogP contribution >= 0.6 is 11.8 Å². The van der Waals surface area contributed by atoms with E-state index in [0.717, 1.165) is 11.8 Å². The maximum Gasteiger partial charge on any atom is 0.321 e. The normalized spacial score (nSPS) is 13.3. The third kappa shape index (κ3) is 3.97. The Morgan fingerprint density at radius 1 is 1.59 bits per heavy atom. The lowest BCUT2D eigenvalue weighted by Crippen LogP contribution is -2.32. The molecule has 0 radical (unpaired) electrons. The lowest BCUT2D eigenvalue weighted by molar-refractivity contribution is -0.137. The van der Waals surface area contributed by atoms with E-state index in [1.807, 2.05) is 0 Å². The molecule has 0 fully saturated rings. The first-order valence-electron chi connectivity index (χ1n) is 4.36. The molecule has 0 spiro atoms. The number of carboxylic acid groups (broad SMARTS) is 1. The number of aromatic nitrogens is 1. The van der Waals surface area contributed by atoms with Crippen LogP contribution in [0.15, 0.2) is 28.3 Å². The lowest BCUT2D eigenvalue weighted by Gasteiger charge is -2.07. The highest BCUT2D eigenvalue weighted by Crippen LogP contribution is 2.24. The number of rotatable bonds is 5. The number of aliphatic carboxylic acids is 1. The van der Waals surface area contributed by atoms with Crippen molar-refractivity contribution in [3.8, 4) is 0 Å². The summed E-state index contributed by atoms with van der Waals surface area (Å²) in [4.78, 5) is 14.2. The van der Waals surface area contributed by atoms with Crippen molar-refractivity contribution in [2.45, 2.75) is 16.0 Å². The first kappa shape index (κ1) is 13.9. The quantitative estimate of drug-likeness (QED) is 0.500. The molecule has 0 aromatic carbocycles. The van der Waals surface area contributed by atoms with Gasteiger partial charge in [-0.05, 0) is 12.1 Å². The molecule has 0 saturated heterocycles. The molecule has 1 rings (SSSR count). The minimum atomic E-state index is -4.42. The van der Waals surface area contributed by atoms with Crippen LogP contribution in [0.4, 0.5) is 0 Å². The van der Waals surface area contributed by atoms with Gasteiger partial charge in [-0.15, -0.1) is 11.8 Å². The van der Waals surface area contributed by atoms with Gasteiger partial charge < -0.3 is 10.8 Å². The van der Waals surface area contributed by atoms with Crippen molar-refractivity contribution in [3.63, 3.8) is 0 Å². The Morgan fingerprint density at radius 3 is 2.76 bits per heavy atom. The second-order valence-electron chi connectivity index (χ2n) is 3.04. The topological polar surface area (TPSA) is 131 Å². The summed E-state index contributed by atoms with van der Waals surface area (Å²) in [6, 6.07) is 1.77. The summed E-state index contributed by atoms with van der Waals surface area (Å²) in [6.07, 6.45) is 1.21. The summed E-state index contributed by atoms with van der Waals surface area (Å²) in [5.41, 5.74) is 5.27. The van der Waals surface area contributed by atoms with E-state index < -0.39 is 27.2 Å². The molecule has 7 nitrogen and oxygen atoms in total. The fraction of sp³-hybridized carbons (Fsp3) is 0.250. The summed E-state index contributed by atoms with van der Waals surface area (Å²) in [6.45, 7) is 0. The zero-order valence-corrected chi connectivity index (χ0v) is 10.1. The predicted octanol–water partition coefficient (Wildman–Crippen LogP) is -0.168. The molecular formula is C8H10N2O5S2. The van der Waals surface area contributed by atoms with Crippen LogP contribution < -0.4 is 5.73 Å². The first-order valence-corrected chi connectivity index (χ1v) is 6.78. The molecule has 0 unspecified atom stereocenters. The van der Waals surface area contributed by atoms with Gasteiger partial charge in [0.15, 0.2) is 5.03 Å². The van der Waals surface area contributed by atoms with Gasteiger partial charge in [-0.3, -0.25) is 9.35 Å². The van der Waals surface area contributed by atoms with Crippen molar-refractivity contribution in [2.75, 3.05) is 5.75 Å². The average molecular weight is 278 g/mol. The molecular weight excluding hydrogens is 268 g/mol. The molecule has 4 N–H and O–H groups in total. The van der Waals surface area contributed by atoms with Crippen molar-refractivity contribution < 1.29 is 22.9 Å². The summed E-state index contributed by atoms with van der Waals surface area (Å²) in [5.74, 6) is -1.21. The predicted molar refractivity (Wildman–Crippen MR) is 60.4 cm³/mol. The SMILES string of the molecule is N[C@@H](CSc1cccnc1S(=O)(=O)O)C(=O)O. The maximum absolute atomic E-state index is 11.0. The number of nitrogens with two attached hydrogens (primary N) is 1. The molecule has 0 aliphatic rings. The van der Waals surface area contributed by atoms with Crippen LogP contribution in [0.25, 0.3) is 0 Å². The van der Waals surface area contributed by atoms with Crippen LogP contribution in [0, 0.1) is 0 Å². The van der Waals surface area contributed by atoms with Crippen LogP contribution in [0.1, 0.15) is 0 Å². The van der Waals surface area contributed by atoms with Crippen molar-refractivity contribution >= 4 is 27.8 Å². The third-order valence-corrected chi connectivity index (χ3v) is 3.83. The molecule has 0 aliphatic heterocycles. The minimum absolute atomic E-state index is 0.0243. The second-order valence-corrected chi connectivity index (χ2v) is 5.44. The second kappa shape index (κ2) is 5.45. The van der Waals surface area contributed by atoms with Gasteiger partial charge in [0.25, 0.3) is 0 Å². The Kier molecular flexibility index (Phi) is 4.46. The van der Waals surface area contributed by atoms with E-state index in [4.69, 9.17) is 15.4 Å². The molecule has 0 bridgehead atoms. The summed E-state index contributed by atoms with van der Waals surface area (Å²) < 4.78 is 30.8. The minimum Gasteiger partial charge on any atom is -0.480 e. The van der Waals surface area contributed by atoms with Gasteiger partial charge in [0, 0.05) is 16.8 Å². The Bertz CT molecular complexity index is 516. The van der Waals surface area contributed by atoms with Gasteiger partial charge in [-0.2, -0.15) is 8.42 Å². The number of hydrogen-bond acceptors (Lipinski definition) is 6. The smallest absolute Gasteiger partial charge is 0.321 e. The molecule has 1 aromatic heterocycles. The fourth-order valence-electron chi connectivity index (χ4n) is 0.930. The molecule has 1 heterocycles. The molecule has 1 aromatic rings. The van der Waals surface area contributed by atoms with Crippen LogP contribution in [-0.4, -0.2) is 40.8 Å². The molecule has 94 valence electrons. The van der Waals surface area contributed by atoms with E-state index >= 15 is 0 Å². The zero-order valence-electron chi connectivity index (χ0n) is 8.48. The van der Waals surface area contributed by atoms with Gasteiger partial charge in [0.1, 0.15) is 6.04 Å². The standard InChI is InChI=1S/C8H10N2O5S2/c9-5(8(11)12)4-16-6-2-1-3-10-7(6)17(13,14)15/h1-3,5H,4,9H2,(H,11,12)(H,13,14,15)/t5-/m0/s1. The number of thioether (sulfide) groups is 1. The molecule has 0 saturated carbocycles. The van der Waals surface area contributed by atoms with Gasteiger partial charge >= 0.3 is 16.1 Å². The molecule has 0 amide bonds. The number of carboxylic acids is 1. The Labute approximate surface area is 102 Å². The Hall–Kier alpha value is -1.16. The van der Waals surface area contributed by atoms with E-state index in [-0.39, 0.29) is 10.6 Å². The van der Waals surface area contributed by atoms with E-state index in [2.05, 4.69) is 4.98 Å². The summed E-state index contributed by atoms with van der Waals surface area (Å²) in [5, 5.41) is 8.07. The van der Waals surface area contributed by atoms with E-state index in [1.54, 1.807) is 0 Å². The van der Waals surface area contributed by atoms with Crippen molar-refractivity contribution in [2.24, 2.45) is 5.73 Å². The fourth-order valence-corrected chi connectivity index (χ4v) is 2.79. The Morgan fingerprint density at radius 2 is 2.24 bits per heavy atom. The monoisotopic (exact) mass is 278 g/mol. The highest BCUT2D eigenvalue weighted by Gasteiger charge is 2.19. The Balaban J connectivity index is 2.89. The van der Waals surface area contributed by atoms with Gasteiger partial charge in [-0.1, -0.05) is 0 Å². The lowest BCUT2D eigenvalue weighted by atomic mass is 10.4. The molecule has 0 aliphatic carbocycles. The first-order chi connectivity index (χ1) is 7.82. The highest BCUT2D eigenvalue weighted by atomic mass is 32.2. The van der Waals surface area contributed by atoms with Gasteiger partial charge in [-0.25, -0.2) is 4.98 Å². The summed E-state index contributed by atoms with van der Waals surface area (Å²) in [7, 11) is -4.42. The van der Waals surface area contributed by atoms with Gasteiger partial charge in [0.2, 0.25) is 0 Å². The van der Waals surface area contributed by atoms with Gasteiger partial charge in [0.05, 0.1) is 0 Å². The van der Waals surface area contributed by atoms with Crippen molar-refractivity contribution in [1.82, 2.24) is 4.98 Å². The zero-order chi connectivity index (χ0) is 13.1. The van der Waals surface area contributed by atoms with E-state index in [9.17, 15) is 13.2 Å². The van der Waals surface area contributed by atoms with Crippen LogP contribution in [-0.2, 0) is 14.9 Å². The van der Waals surface area contributed by atoms with E-state index in [0.29, 0.717) is 0 Å². The van der Waals surface area contributed by atoms with Crippen LogP contribution in [0.5, 0.6) is 0 Å². The largest absolute Gasteiger partial charge is 0.480 e. The number of hydrogen-bond donors (Lipinski definition) is 3. The van der Waals surface area contributed by atoms with E-state index in [1.165, 1.54) is 18.3 Å². The number of nitrogens with zero attached hydrogens (tertiary/aromatic N) is 1. The van der Waals surface area contributed by atoms with Crippen LogP contribution in [0.2, 0.25) is 0 Å². The number of carbonyl (C=O) groups is 1. The average Bonchev–Trinajstić information content (AvgIpc) is 2.24. The highest BCUT2D eigenvalue weighted by molar-refractivity contribution is 8.00. The van der Waals surface area contributed by atoms with Crippen molar-refractivity contribution in [1.29, 1.82) is 0 Å². The molecule has 17 heavy (non-hydrogen) atoms. The third-order valence-electron chi connectivity index (χ3n) is 1.72. The van der Waals surface area contributed by atoms with Crippen molar-refractivity contribution in [3.05, 3.63) is 18.3 Å². The van der Waals surface area contributed by atoms with Crippen LogP contribution in [0.3, 0.4) is 0 Å². The number of pyridine rings is 1.